The fourth-order valence-corrected chi connectivity index (χ4v) is 1.85. The van der Waals surface area contributed by atoms with E-state index in [1.165, 1.54) is 12.1 Å². The van der Waals surface area contributed by atoms with E-state index in [0.29, 0.717) is 24.0 Å². The Morgan fingerprint density at radius 1 is 1.31 bits per heavy atom. The SMILES string of the molecule is O=C(O)/C=C1\CCc2cc(O)ccc2C1=O. The number of carbonyl (C=O) groups excluding carboxylic acids is 1. The van der Waals surface area contributed by atoms with Crippen molar-refractivity contribution in [2.45, 2.75) is 12.8 Å². The van der Waals surface area contributed by atoms with Crippen molar-refractivity contribution in [3.63, 3.8) is 0 Å². The van der Waals surface area contributed by atoms with E-state index in [9.17, 15) is 14.7 Å². The number of ketones is 1. The van der Waals surface area contributed by atoms with Crippen LogP contribution in [0.5, 0.6) is 5.75 Å². The molecular weight excluding hydrogens is 208 g/mol. The molecule has 82 valence electrons. The number of hydrogen-bond acceptors (Lipinski definition) is 3. The Labute approximate surface area is 91.8 Å². The summed E-state index contributed by atoms with van der Waals surface area (Å²) < 4.78 is 0. The number of fused-ring (bicyclic) bond motifs is 1. The lowest BCUT2D eigenvalue weighted by Crippen LogP contribution is -2.15. The van der Waals surface area contributed by atoms with Crippen LogP contribution in [0.2, 0.25) is 0 Å². The van der Waals surface area contributed by atoms with Crippen molar-refractivity contribution in [1.29, 1.82) is 0 Å². The number of aromatic hydroxyl groups is 1. The predicted molar refractivity (Wildman–Crippen MR) is 56.5 cm³/mol. The topological polar surface area (TPSA) is 74.6 Å². The van der Waals surface area contributed by atoms with Crippen LogP contribution in [-0.4, -0.2) is 22.0 Å². The van der Waals surface area contributed by atoms with Gasteiger partial charge in [-0.25, -0.2) is 4.79 Å². The Hall–Kier alpha value is -2.10. The molecule has 0 heterocycles. The van der Waals surface area contributed by atoms with Crippen LogP contribution in [0.3, 0.4) is 0 Å². The Balaban J connectivity index is 2.44. The normalized spacial score (nSPS) is 17.2. The third-order valence-electron chi connectivity index (χ3n) is 2.59. The highest BCUT2D eigenvalue weighted by Crippen LogP contribution is 2.27. The smallest absolute Gasteiger partial charge is 0.328 e. The van der Waals surface area contributed by atoms with Gasteiger partial charge in [0.25, 0.3) is 0 Å². The van der Waals surface area contributed by atoms with Gasteiger partial charge < -0.3 is 10.2 Å². The maximum atomic E-state index is 11.9. The maximum Gasteiger partial charge on any atom is 0.328 e. The lowest BCUT2D eigenvalue weighted by molar-refractivity contribution is -0.131. The molecule has 1 aromatic carbocycles. The Bertz CT molecular complexity index is 500. The van der Waals surface area contributed by atoms with Gasteiger partial charge in [-0.3, -0.25) is 4.79 Å². The summed E-state index contributed by atoms with van der Waals surface area (Å²) in [6.45, 7) is 0. The molecule has 0 amide bonds. The van der Waals surface area contributed by atoms with Crippen molar-refractivity contribution < 1.29 is 19.8 Å². The van der Waals surface area contributed by atoms with Crippen molar-refractivity contribution >= 4 is 11.8 Å². The largest absolute Gasteiger partial charge is 0.508 e. The highest BCUT2D eigenvalue weighted by molar-refractivity contribution is 6.12. The molecular formula is C12H10O4. The zero-order valence-electron chi connectivity index (χ0n) is 8.43. The van der Waals surface area contributed by atoms with E-state index in [1.54, 1.807) is 6.07 Å². The zero-order chi connectivity index (χ0) is 11.7. The molecule has 0 atom stereocenters. The van der Waals surface area contributed by atoms with Crippen LogP contribution in [0.15, 0.2) is 29.8 Å². The van der Waals surface area contributed by atoms with Crippen molar-refractivity contribution in [3.05, 3.63) is 41.0 Å². The molecule has 1 aliphatic carbocycles. The number of aryl methyl sites for hydroxylation is 1. The van der Waals surface area contributed by atoms with Gasteiger partial charge in [-0.1, -0.05) is 0 Å². The molecule has 2 rings (SSSR count). The van der Waals surface area contributed by atoms with Crippen molar-refractivity contribution in [3.8, 4) is 5.75 Å². The zero-order valence-corrected chi connectivity index (χ0v) is 8.43. The summed E-state index contributed by atoms with van der Waals surface area (Å²) in [4.78, 5) is 22.4. The first kappa shape index (κ1) is 10.4. The van der Waals surface area contributed by atoms with Crippen LogP contribution < -0.4 is 0 Å². The standard InChI is InChI=1S/C12H10O4/c13-9-3-4-10-7(5-9)1-2-8(12(10)16)6-11(14)15/h3-6,13H,1-2H2,(H,14,15)/b8-6+. The number of benzene rings is 1. The summed E-state index contributed by atoms with van der Waals surface area (Å²) >= 11 is 0. The number of hydrogen-bond donors (Lipinski definition) is 2. The number of rotatable bonds is 1. The molecule has 1 aliphatic rings. The minimum absolute atomic E-state index is 0.122. The van der Waals surface area contributed by atoms with Crippen LogP contribution in [-0.2, 0) is 11.2 Å². The molecule has 2 N–H and O–H groups in total. The van der Waals surface area contributed by atoms with Crippen molar-refractivity contribution in [1.82, 2.24) is 0 Å². The van der Waals surface area contributed by atoms with E-state index >= 15 is 0 Å². The van der Waals surface area contributed by atoms with Crippen LogP contribution in [0.25, 0.3) is 0 Å². The molecule has 0 aliphatic heterocycles. The van der Waals surface area contributed by atoms with Crippen LogP contribution in [0.4, 0.5) is 0 Å². The Kier molecular flexibility index (Phi) is 2.48. The Morgan fingerprint density at radius 2 is 2.06 bits per heavy atom. The fourth-order valence-electron chi connectivity index (χ4n) is 1.85. The number of Topliss-reactive ketones (excluding diaryl/α,β-unsaturated/α-hetero) is 1. The number of allylic oxidation sites excluding steroid dienone is 1. The van der Waals surface area contributed by atoms with Gasteiger partial charge in [-0.15, -0.1) is 0 Å². The minimum atomic E-state index is -1.11. The summed E-state index contributed by atoms with van der Waals surface area (Å²) in [5.74, 6) is -1.24. The lowest BCUT2D eigenvalue weighted by atomic mass is 9.86. The average molecular weight is 218 g/mol. The second-order valence-corrected chi connectivity index (χ2v) is 3.68. The molecule has 0 radical (unpaired) electrons. The van der Waals surface area contributed by atoms with Crippen LogP contribution >= 0.6 is 0 Å². The fraction of sp³-hybridized carbons (Fsp3) is 0.167. The summed E-state index contributed by atoms with van der Waals surface area (Å²) in [5, 5.41) is 17.9. The molecule has 0 saturated heterocycles. The van der Waals surface area contributed by atoms with Gasteiger partial charge in [0.15, 0.2) is 5.78 Å². The first-order valence-corrected chi connectivity index (χ1v) is 4.88. The van der Waals surface area contributed by atoms with Gasteiger partial charge in [-0.2, -0.15) is 0 Å². The highest BCUT2D eigenvalue weighted by Gasteiger charge is 2.22. The predicted octanol–water partition coefficient (Wildman–Crippen LogP) is 1.53. The van der Waals surface area contributed by atoms with Crippen molar-refractivity contribution in [2.75, 3.05) is 0 Å². The van der Waals surface area contributed by atoms with E-state index in [0.717, 1.165) is 11.6 Å². The average Bonchev–Trinajstić information content (AvgIpc) is 2.22. The highest BCUT2D eigenvalue weighted by atomic mass is 16.4. The van der Waals surface area contributed by atoms with Gasteiger partial charge in [0, 0.05) is 17.2 Å². The van der Waals surface area contributed by atoms with E-state index in [4.69, 9.17) is 5.11 Å². The molecule has 0 saturated carbocycles. The molecule has 0 unspecified atom stereocenters. The lowest BCUT2D eigenvalue weighted by Gasteiger charge is -2.16. The number of phenolic OH excluding ortho intramolecular Hbond substituents is 1. The molecule has 0 fully saturated rings. The number of carboxylic acid groups (broad SMARTS) is 1. The van der Waals surface area contributed by atoms with Crippen LogP contribution in [0, 0.1) is 0 Å². The van der Waals surface area contributed by atoms with Gasteiger partial charge in [0.2, 0.25) is 0 Å². The molecule has 0 aromatic heterocycles. The van der Waals surface area contributed by atoms with Gasteiger partial charge in [0.1, 0.15) is 5.75 Å². The number of phenols is 1. The first-order valence-electron chi connectivity index (χ1n) is 4.88. The van der Waals surface area contributed by atoms with Crippen LogP contribution in [0.1, 0.15) is 22.3 Å². The second-order valence-electron chi connectivity index (χ2n) is 3.68. The molecule has 16 heavy (non-hydrogen) atoms. The summed E-state index contributed by atoms with van der Waals surface area (Å²) in [5.41, 5.74) is 1.56. The number of carbonyl (C=O) groups is 2. The first-order chi connectivity index (χ1) is 7.58. The summed E-state index contributed by atoms with van der Waals surface area (Å²) in [6, 6.07) is 4.51. The summed E-state index contributed by atoms with van der Waals surface area (Å²) in [6.07, 6.45) is 1.94. The molecule has 1 aromatic rings. The van der Waals surface area contributed by atoms with E-state index in [-0.39, 0.29) is 11.5 Å². The third kappa shape index (κ3) is 1.82. The van der Waals surface area contributed by atoms with Crippen molar-refractivity contribution in [2.24, 2.45) is 0 Å². The van der Waals surface area contributed by atoms with E-state index in [1.807, 2.05) is 0 Å². The minimum Gasteiger partial charge on any atom is -0.508 e. The molecule has 4 nitrogen and oxygen atoms in total. The molecule has 0 bridgehead atoms. The monoisotopic (exact) mass is 218 g/mol. The Morgan fingerprint density at radius 3 is 2.75 bits per heavy atom. The van der Waals surface area contributed by atoms with E-state index < -0.39 is 5.97 Å². The van der Waals surface area contributed by atoms with Gasteiger partial charge in [0.05, 0.1) is 0 Å². The van der Waals surface area contributed by atoms with Gasteiger partial charge in [-0.05, 0) is 36.6 Å². The maximum absolute atomic E-state index is 11.9. The summed E-state index contributed by atoms with van der Waals surface area (Å²) in [7, 11) is 0. The molecule has 0 spiro atoms. The molecule has 4 heteroatoms. The third-order valence-corrected chi connectivity index (χ3v) is 2.59. The van der Waals surface area contributed by atoms with E-state index in [2.05, 4.69) is 0 Å². The van der Waals surface area contributed by atoms with Gasteiger partial charge >= 0.3 is 5.97 Å². The number of carboxylic acids is 1. The second kappa shape index (κ2) is 3.81. The quantitative estimate of drug-likeness (QED) is 0.701. The number of aliphatic carboxylic acids is 1.